The summed E-state index contributed by atoms with van der Waals surface area (Å²) < 4.78 is 6.08. The average Bonchev–Trinajstić information content (AvgIpc) is 3.38. The van der Waals surface area contributed by atoms with Gasteiger partial charge < -0.3 is 19.9 Å². The molecule has 2 amide bonds. The van der Waals surface area contributed by atoms with Crippen LogP contribution in [0.2, 0.25) is 0 Å². The first-order valence-electron chi connectivity index (χ1n) is 11.9. The van der Waals surface area contributed by atoms with Gasteiger partial charge in [0.25, 0.3) is 5.91 Å². The Balaban J connectivity index is 1.24. The zero-order chi connectivity index (χ0) is 25.7. The number of nitrogens with zero attached hydrogens (tertiary/aromatic N) is 3. The highest BCUT2D eigenvalue weighted by molar-refractivity contribution is 8.01. The predicted molar refractivity (Wildman–Crippen MR) is 148 cm³/mol. The molecule has 36 heavy (non-hydrogen) atoms. The summed E-state index contributed by atoms with van der Waals surface area (Å²) in [5.74, 6) is 1.05. The molecule has 1 saturated heterocycles. The third-order valence-corrected chi connectivity index (χ3v) is 8.02. The van der Waals surface area contributed by atoms with E-state index in [-0.39, 0.29) is 17.2 Å². The number of nitrogens with one attached hydrogen (secondary N) is 1. The van der Waals surface area contributed by atoms with Gasteiger partial charge in [-0.05, 0) is 48.5 Å². The second-order valence-electron chi connectivity index (χ2n) is 9.64. The highest BCUT2D eigenvalue weighted by Gasteiger charge is 2.22. The third kappa shape index (κ3) is 6.59. The fourth-order valence-electron chi connectivity index (χ4n) is 3.83. The Morgan fingerprint density at radius 2 is 1.69 bits per heavy atom. The molecule has 0 aliphatic carbocycles. The number of thioether (sulfide) groups is 1. The van der Waals surface area contributed by atoms with Crippen LogP contribution >= 0.6 is 23.1 Å². The molecule has 9 heteroatoms. The monoisotopic (exact) mass is 524 g/mol. The van der Waals surface area contributed by atoms with Crippen LogP contribution in [0.1, 0.15) is 36.8 Å². The topological polar surface area (TPSA) is 74.8 Å². The van der Waals surface area contributed by atoms with Gasteiger partial charge in [0, 0.05) is 53.9 Å². The summed E-state index contributed by atoms with van der Waals surface area (Å²) in [4.78, 5) is 34.0. The van der Waals surface area contributed by atoms with Gasteiger partial charge in [0.2, 0.25) is 5.91 Å². The zero-order valence-corrected chi connectivity index (χ0v) is 22.7. The molecule has 0 bridgehead atoms. The molecule has 1 N–H and O–H groups in total. The Kier molecular flexibility index (Phi) is 8.21. The van der Waals surface area contributed by atoms with Crippen molar-refractivity contribution in [2.75, 3.05) is 49.3 Å². The molecule has 7 nitrogen and oxygen atoms in total. The maximum absolute atomic E-state index is 12.8. The first kappa shape index (κ1) is 26.0. The number of hydrogen-bond acceptors (Lipinski definition) is 7. The lowest BCUT2D eigenvalue weighted by atomic mass is 9.93. The Labute approximate surface area is 220 Å². The number of carbonyl (C=O) groups excluding carboxylic acids is 2. The summed E-state index contributed by atoms with van der Waals surface area (Å²) in [7, 11) is 1.61. The number of amides is 2. The molecule has 0 radical (unpaired) electrons. The van der Waals surface area contributed by atoms with Gasteiger partial charge in [0.15, 0.2) is 4.34 Å². The van der Waals surface area contributed by atoms with Gasteiger partial charge in [-0.3, -0.25) is 9.59 Å². The summed E-state index contributed by atoms with van der Waals surface area (Å²) in [6, 6.07) is 15.1. The largest absolute Gasteiger partial charge is 0.497 e. The summed E-state index contributed by atoms with van der Waals surface area (Å²) >= 11 is 3.04. The van der Waals surface area contributed by atoms with E-state index in [1.54, 1.807) is 30.6 Å². The van der Waals surface area contributed by atoms with E-state index >= 15 is 0 Å². The summed E-state index contributed by atoms with van der Waals surface area (Å²) in [5, 5.41) is 5.03. The second-order valence-corrected chi connectivity index (χ2v) is 11.7. The lowest BCUT2D eigenvalue weighted by molar-refractivity contribution is -0.113. The van der Waals surface area contributed by atoms with E-state index in [2.05, 4.69) is 41.4 Å². The van der Waals surface area contributed by atoms with Crippen molar-refractivity contribution in [3.05, 3.63) is 65.2 Å². The zero-order valence-electron chi connectivity index (χ0n) is 21.1. The second kappa shape index (κ2) is 11.3. The van der Waals surface area contributed by atoms with E-state index in [1.807, 2.05) is 41.3 Å². The standard InChI is InChI=1S/C27H32N4O3S2/c1-27(2,3)23-17-35-26(29-23)36-18-24(32)28-20-7-9-21(10-8-20)30-13-15-31(16-14-30)25(33)19-5-11-22(34-4)12-6-19/h5-12,17H,13-16,18H2,1-4H3,(H,28,32). The van der Waals surface area contributed by atoms with Crippen molar-refractivity contribution in [3.8, 4) is 5.75 Å². The minimum absolute atomic E-state index is 0.0119. The highest BCUT2D eigenvalue weighted by Crippen LogP contribution is 2.29. The lowest BCUT2D eigenvalue weighted by Crippen LogP contribution is -2.48. The van der Waals surface area contributed by atoms with E-state index in [4.69, 9.17) is 4.74 Å². The number of aromatic nitrogens is 1. The van der Waals surface area contributed by atoms with Crippen LogP contribution in [-0.4, -0.2) is 60.7 Å². The fourth-order valence-corrected chi connectivity index (χ4v) is 5.68. The van der Waals surface area contributed by atoms with Crippen molar-refractivity contribution in [2.24, 2.45) is 0 Å². The number of piperazine rings is 1. The first-order valence-corrected chi connectivity index (χ1v) is 13.8. The van der Waals surface area contributed by atoms with Crippen molar-refractivity contribution in [3.63, 3.8) is 0 Å². The van der Waals surface area contributed by atoms with E-state index in [9.17, 15) is 9.59 Å². The van der Waals surface area contributed by atoms with Crippen LogP contribution in [0.3, 0.4) is 0 Å². The van der Waals surface area contributed by atoms with Crippen LogP contribution < -0.4 is 15.0 Å². The molecule has 1 aliphatic rings. The van der Waals surface area contributed by atoms with Gasteiger partial charge >= 0.3 is 0 Å². The van der Waals surface area contributed by atoms with E-state index in [0.717, 1.165) is 40.2 Å². The van der Waals surface area contributed by atoms with Crippen molar-refractivity contribution >= 4 is 46.3 Å². The van der Waals surface area contributed by atoms with Crippen LogP contribution in [0.5, 0.6) is 5.75 Å². The van der Waals surface area contributed by atoms with Gasteiger partial charge in [0.1, 0.15) is 5.75 Å². The third-order valence-electron chi connectivity index (χ3n) is 6.00. The van der Waals surface area contributed by atoms with Crippen LogP contribution in [0.15, 0.2) is 58.3 Å². The van der Waals surface area contributed by atoms with E-state index < -0.39 is 0 Å². The molecule has 3 aromatic rings. The number of methoxy groups -OCH3 is 1. The Morgan fingerprint density at radius 3 is 2.28 bits per heavy atom. The number of thiazole rings is 1. The molecular formula is C27H32N4O3S2. The van der Waals surface area contributed by atoms with Crippen LogP contribution in [0, 0.1) is 0 Å². The molecule has 0 atom stereocenters. The predicted octanol–water partition coefficient (Wildman–Crippen LogP) is 5.14. The number of rotatable bonds is 7. The molecular weight excluding hydrogens is 492 g/mol. The number of carbonyl (C=O) groups is 2. The summed E-state index contributed by atoms with van der Waals surface area (Å²) in [6.45, 7) is 9.24. The van der Waals surface area contributed by atoms with Gasteiger partial charge in [0.05, 0.1) is 18.6 Å². The minimum atomic E-state index is -0.0501. The summed E-state index contributed by atoms with van der Waals surface area (Å²) in [5.41, 5.74) is 3.59. The van der Waals surface area contributed by atoms with Gasteiger partial charge in [-0.25, -0.2) is 4.98 Å². The lowest BCUT2D eigenvalue weighted by Gasteiger charge is -2.36. The number of ether oxygens (including phenoxy) is 1. The average molecular weight is 525 g/mol. The van der Waals surface area contributed by atoms with Gasteiger partial charge in [-0.15, -0.1) is 11.3 Å². The molecule has 1 aliphatic heterocycles. The van der Waals surface area contributed by atoms with Crippen molar-refractivity contribution in [2.45, 2.75) is 30.5 Å². The molecule has 1 aromatic heterocycles. The SMILES string of the molecule is COc1ccc(C(=O)N2CCN(c3ccc(NC(=O)CSc4nc(C(C)(C)C)cs4)cc3)CC2)cc1. The Morgan fingerprint density at radius 1 is 1.03 bits per heavy atom. The van der Waals surface area contributed by atoms with Gasteiger partial charge in [-0.1, -0.05) is 32.5 Å². The summed E-state index contributed by atoms with van der Waals surface area (Å²) in [6.07, 6.45) is 0. The van der Waals surface area contributed by atoms with E-state index in [0.29, 0.717) is 24.4 Å². The number of anilines is 2. The quantitative estimate of drug-likeness (QED) is 0.431. The van der Waals surface area contributed by atoms with E-state index in [1.165, 1.54) is 11.8 Å². The number of hydrogen-bond donors (Lipinski definition) is 1. The van der Waals surface area contributed by atoms with Crippen LogP contribution in [0.4, 0.5) is 11.4 Å². The van der Waals surface area contributed by atoms with Gasteiger partial charge in [-0.2, -0.15) is 0 Å². The molecule has 0 unspecified atom stereocenters. The smallest absolute Gasteiger partial charge is 0.253 e. The molecule has 4 rings (SSSR count). The Bertz CT molecular complexity index is 1180. The normalized spacial score (nSPS) is 14.0. The minimum Gasteiger partial charge on any atom is -0.497 e. The molecule has 1 fully saturated rings. The van der Waals surface area contributed by atoms with Crippen molar-refractivity contribution in [1.29, 1.82) is 0 Å². The first-order chi connectivity index (χ1) is 17.2. The van der Waals surface area contributed by atoms with Crippen molar-refractivity contribution in [1.82, 2.24) is 9.88 Å². The fraction of sp³-hybridized carbons (Fsp3) is 0.370. The Hall–Kier alpha value is -3.04. The van der Waals surface area contributed by atoms with Crippen molar-refractivity contribution < 1.29 is 14.3 Å². The molecule has 0 spiro atoms. The number of benzene rings is 2. The van der Waals surface area contributed by atoms with Crippen LogP contribution in [0.25, 0.3) is 0 Å². The van der Waals surface area contributed by atoms with Crippen LogP contribution in [-0.2, 0) is 10.2 Å². The molecule has 190 valence electrons. The maximum atomic E-state index is 12.8. The maximum Gasteiger partial charge on any atom is 0.253 e. The molecule has 2 aromatic carbocycles. The molecule has 2 heterocycles. The highest BCUT2D eigenvalue weighted by atomic mass is 32.2. The molecule has 0 saturated carbocycles.